The highest BCUT2D eigenvalue weighted by atomic mass is 35.5. The molecule has 31 heavy (non-hydrogen) atoms. The second kappa shape index (κ2) is 9.12. The number of primary amides is 1. The summed E-state index contributed by atoms with van der Waals surface area (Å²) in [7, 11) is 0. The smallest absolute Gasteiger partial charge is 0.231 e. The van der Waals surface area contributed by atoms with Crippen LogP contribution in [0.3, 0.4) is 0 Å². The maximum absolute atomic E-state index is 12.0. The van der Waals surface area contributed by atoms with Crippen molar-refractivity contribution in [2.75, 3.05) is 6.54 Å². The third-order valence-electron chi connectivity index (χ3n) is 5.11. The Hall–Kier alpha value is -3.48. The summed E-state index contributed by atoms with van der Waals surface area (Å²) in [6.45, 7) is 0.404. The van der Waals surface area contributed by atoms with Crippen LogP contribution < -0.4 is 5.73 Å². The van der Waals surface area contributed by atoms with Gasteiger partial charge in [-0.1, -0.05) is 41.9 Å². The molecular weight excluding hydrogens is 412 g/mol. The summed E-state index contributed by atoms with van der Waals surface area (Å²) in [5.74, 6) is -0.447. The van der Waals surface area contributed by atoms with Crippen LogP contribution in [0.25, 0.3) is 10.9 Å². The summed E-state index contributed by atoms with van der Waals surface area (Å²) in [5, 5.41) is 12.3. The lowest BCUT2D eigenvalue weighted by molar-refractivity contribution is -0.119. The maximum atomic E-state index is 12.0. The van der Waals surface area contributed by atoms with Crippen molar-refractivity contribution in [1.82, 2.24) is 14.9 Å². The molecule has 4 aromatic rings. The number of nitrogens with two attached hydrogens (primary N) is 1. The van der Waals surface area contributed by atoms with Gasteiger partial charge in [-0.15, -0.1) is 0 Å². The number of halogens is 1. The number of hydrogen-bond donors (Lipinski definition) is 2. The lowest BCUT2D eigenvalue weighted by atomic mass is 9.94. The standard InChI is InChI=1S/C24H21ClN4O2/c25-20-13-19(24(31)22-18(20)7-4-10-28-22)23(17-5-2-1-3-6-17)29(15-21(26)30)14-16-8-11-27-12-9-16/h1-13,23,31H,14-15H2,(H2,26,30). The molecule has 0 aliphatic heterocycles. The van der Waals surface area contributed by atoms with Crippen molar-refractivity contribution in [3.05, 3.63) is 101 Å². The zero-order valence-corrected chi connectivity index (χ0v) is 17.4. The third kappa shape index (κ3) is 4.50. The Morgan fingerprint density at radius 1 is 1.06 bits per heavy atom. The predicted molar refractivity (Wildman–Crippen MR) is 121 cm³/mol. The highest BCUT2D eigenvalue weighted by molar-refractivity contribution is 6.35. The van der Waals surface area contributed by atoms with E-state index in [1.807, 2.05) is 53.4 Å². The first kappa shape index (κ1) is 20.8. The van der Waals surface area contributed by atoms with Crippen LogP contribution >= 0.6 is 11.6 Å². The fourth-order valence-corrected chi connectivity index (χ4v) is 4.07. The summed E-state index contributed by atoms with van der Waals surface area (Å²) >= 11 is 6.57. The van der Waals surface area contributed by atoms with E-state index >= 15 is 0 Å². The Labute approximate surface area is 184 Å². The molecule has 1 unspecified atom stereocenters. The lowest BCUT2D eigenvalue weighted by Crippen LogP contribution is -2.37. The molecule has 0 radical (unpaired) electrons. The number of fused-ring (bicyclic) bond motifs is 1. The van der Waals surface area contributed by atoms with Crippen LogP contribution in [0.5, 0.6) is 5.75 Å². The molecule has 0 fully saturated rings. The van der Waals surface area contributed by atoms with Gasteiger partial charge in [-0.2, -0.15) is 0 Å². The summed E-state index contributed by atoms with van der Waals surface area (Å²) in [6, 6.07) is 18.2. The highest BCUT2D eigenvalue weighted by Crippen LogP contribution is 2.41. The van der Waals surface area contributed by atoms with Crippen molar-refractivity contribution in [2.24, 2.45) is 5.73 Å². The molecule has 2 aromatic carbocycles. The lowest BCUT2D eigenvalue weighted by Gasteiger charge is -2.32. The molecule has 2 aromatic heterocycles. The number of pyridine rings is 2. The monoisotopic (exact) mass is 432 g/mol. The molecule has 1 atom stereocenters. The quantitative estimate of drug-likeness (QED) is 0.459. The van der Waals surface area contributed by atoms with Crippen molar-refractivity contribution < 1.29 is 9.90 Å². The minimum Gasteiger partial charge on any atom is -0.505 e. The van der Waals surface area contributed by atoms with E-state index in [0.717, 1.165) is 11.1 Å². The first-order valence-electron chi connectivity index (χ1n) is 9.77. The molecule has 2 heterocycles. The molecule has 0 aliphatic rings. The molecule has 156 valence electrons. The van der Waals surface area contributed by atoms with E-state index in [1.165, 1.54) is 0 Å². The number of phenols is 1. The summed E-state index contributed by atoms with van der Waals surface area (Å²) in [5.41, 5.74) is 8.42. The Kier molecular flexibility index (Phi) is 6.11. The minimum atomic E-state index is -0.481. The van der Waals surface area contributed by atoms with Crippen LogP contribution in [0.4, 0.5) is 0 Å². The Morgan fingerprint density at radius 3 is 2.52 bits per heavy atom. The van der Waals surface area contributed by atoms with Gasteiger partial charge in [0.25, 0.3) is 0 Å². The van der Waals surface area contributed by atoms with Crippen molar-refractivity contribution in [2.45, 2.75) is 12.6 Å². The number of carbonyl (C=O) groups is 1. The second-order valence-electron chi connectivity index (χ2n) is 7.24. The Morgan fingerprint density at radius 2 is 1.81 bits per heavy atom. The maximum Gasteiger partial charge on any atom is 0.231 e. The molecule has 3 N–H and O–H groups in total. The molecule has 1 amide bonds. The van der Waals surface area contributed by atoms with Gasteiger partial charge in [-0.3, -0.25) is 19.7 Å². The molecule has 4 rings (SSSR count). The number of aromatic hydroxyl groups is 1. The first-order chi connectivity index (χ1) is 15.0. The van der Waals surface area contributed by atoms with Crippen LogP contribution in [-0.4, -0.2) is 32.4 Å². The van der Waals surface area contributed by atoms with Crippen LogP contribution in [-0.2, 0) is 11.3 Å². The second-order valence-corrected chi connectivity index (χ2v) is 7.64. The molecule has 6 nitrogen and oxygen atoms in total. The normalized spacial score (nSPS) is 12.2. The molecule has 0 bridgehead atoms. The average molecular weight is 433 g/mol. The van der Waals surface area contributed by atoms with E-state index in [4.69, 9.17) is 17.3 Å². The van der Waals surface area contributed by atoms with Gasteiger partial charge in [0, 0.05) is 36.1 Å². The fraction of sp³-hybridized carbons (Fsp3) is 0.125. The van der Waals surface area contributed by atoms with Gasteiger partial charge in [0.2, 0.25) is 5.91 Å². The fourth-order valence-electron chi connectivity index (χ4n) is 3.80. The van der Waals surface area contributed by atoms with Crippen molar-refractivity contribution in [3.63, 3.8) is 0 Å². The number of aromatic nitrogens is 2. The van der Waals surface area contributed by atoms with Gasteiger partial charge in [0.05, 0.1) is 17.6 Å². The first-order valence-corrected chi connectivity index (χ1v) is 10.1. The number of carbonyl (C=O) groups excluding carboxylic acids is 1. The molecule has 0 saturated carbocycles. The molecular formula is C24H21ClN4O2. The van der Waals surface area contributed by atoms with E-state index in [1.54, 1.807) is 30.7 Å². The van der Waals surface area contributed by atoms with Gasteiger partial charge in [0.15, 0.2) is 0 Å². The van der Waals surface area contributed by atoms with Gasteiger partial charge in [-0.05, 0) is 41.5 Å². The van der Waals surface area contributed by atoms with Crippen LogP contribution in [0.15, 0.2) is 79.3 Å². The summed E-state index contributed by atoms with van der Waals surface area (Å²) < 4.78 is 0. The summed E-state index contributed by atoms with van der Waals surface area (Å²) in [4.78, 5) is 22.3. The number of hydrogen-bond acceptors (Lipinski definition) is 5. The van der Waals surface area contributed by atoms with E-state index < -0.39 is 11.9 Å². The Balaban J connectivity index is 1.90. The van der Waals surface area contributed by atoms with E-state index in [2.05, 4.69) is 9.97 Å². The number of benzene rings is 2. The Bertz CT molecular complexity index is 1200. The van der Waals surface area contributed by atoms with Crippen molar-refractivity contribution in [3.8, 4) is 5.75 Å². The SMILES string of the molecule is NC(=O)CN(Cc1ccncc1)C(c1ccccc1)c1cc(Cl)c2cccnc2c1O. The van der Waals surface area contributed by atoms with E-state index in [9.17, 15) is 9.90 Å². The van der Waals surface area contributed by atoms with Crippen LogP contribution in [0.1, 0.15) is 22.7 Å². The minimum absolute atomic E-state index is 0.0147. The number of nitrogens with zero attached hydrogens (tertiary/aromatic N) is 3. The topological polar surface area (TPSA) is 92.3 Å². The molecule has 0 saturated heterocycles. The van der Waals surface area contributed by atoms with Crippen LogP contribution in [0, 0.1) is 0 Å². The van der Waals surface area contributed by atoms with Crippen molar-refractivity contribution >= 4 is 28.4 Å². The number of amides is 1. The molecule has 0 aliphatic carbocycles. The van der Waals surface area contributed by atoms with Crippen molar-refractivity contribution in [1.29, 1.82) is 0 Å². The van der Waals surface area contributed by atoms with E-state index in [-0.39, 0.29) is 12.3 Å². The zero-order chi connectivity index (χ0) is 21.8. The number of phenolic OH excluding ortho intramolecular Hbond substituents is 1. The third-order valence-corrected chi connectivity index (χ3v) is 5.43. The van der Waals surface area contributed by atoms with Crippen LogP contribution in [0.2, 0.25) is 5.02 Å². The van der Waals surface area contributed by atoms with Gasteiger partial charge >= 0.3 is 0 Å². The van der Waals surface area contributed by atoms with Gasteiger partial charge < -0.3 is 10.8 Å². The average Bonchev–Trinajstić information content (AvgIpc) is 2.78. The van der Waals surface area contributed by atoms with Gasteiger partial charge in [0.1, 0.15) is 11.3 Å². The molecule has 0 spiro atoms. The van der Waals surface area contributed by atoms with E-state index in [0.29, 0.717) is 28.0 Å². The zero-order valence-electron chi connectivity index (χ0n) is 16.6. The number of rotatable bonds is 7. The van der Waals surface area contributed by atoms with Gasteiger partial charge in [-0.25, -0.2) is 0 Å². The molecule has 7 heteroatoms. The highest BCUT2D eigenvalue weighted by Gasteiger charge is 2.28. The summed E-state index contributed by atoms with van der Waals surface area (Å²) in [6.07, 6.45) is 5.00. The predicted octanol–water partition coefficient (Wildman–Crippen LogP) is 4.07. The largest absolute Gasteiger partial charge is 0.505 e.